The number of rotatable bonds is 4. The molecular formula is C15H19N. The smallest absolute Gasteiger partial charge is 0.0147 e. The van der Waals surface area contributed by atoms with Crippen LogP contribution in [0.15, 0.2) is 42.5 Å². The second-order valence-corrected chi connectivity index (χ2v) is 5.18. The van der Waals surface area contributed by atoms with Gasteiger partial charge in [0.05, 0.1) is 0 Å². The minimum Gasteiger partial charge on any atom is -0.313 e. The summed E-state index contributed by atoms with van der Waals surface area (Å²) in [6, 6.07) is 11.8. The molecule has 2 aliphatic carbocycles. The van der Waals surface area contributed by atoms with Crippen LogP contribution < -0.4 is 5.32 Å². The quantitative estimate of drug-likeness (QED) is 0.758. The van der Waals surface area contributed by atoms with E-state index in [1.54, 1.807) is 0 Å². The van der Waals surface area contributed by atoms with Crippen LogP contribution in [-0.4, -0.2) is 12.6 Å². The molecule has 1 aromatic rings. The van der Waals surface area contributed by atoms with E-state index in [4.69, 9.17) is 0 Å². The average Bonchev–Trinajstić information content (AvgIpc) is 3.06. The average molecular weight is 213 g/mol. The predicted molar refractivity (Wildman–Crippen MR) is 67.5 cm³/mol. The molecule has 0 bridgehead atoms. The van der Waals surface area contributed by atoms with Gasteiger partial charge in [-0.15, -0.1) is 0 Å². The number of hydrogen-bond acceptors (Lipinski definition) is 1. The Morgan fingerprint density at radius 3 is 2.38 bits per heavy atom. The summed E-state index contributed by atoms with van der Waals surface area (Å²) in [5, 5.41) is 3.70. The predicted octanol–water partition coefficient (Wildman–Crippen LogP) is 3.03. The minimum absolute atomic E-state index is 0.337. The molecular weight excluding hydrogens is 194 g/mol. The first-order valence-electron chi connectivity index (χ1n) is 6.33. The van der Waals surface area contributed by atoms with Crippen molar-refractivity contribution in [2.75, 3.05) is 6.54 Å². The molecule has 0 unspecified atom stereocenters. The molecule has 1 saturated carbocycles. The van der Waals surface area contributed by atoms with Crippen molar-refractivity contribution < 1.29 is 0 Å². The molecule has 0 amide bonds. The Kier molecular flexibility index (Phi) is 2.56. The first-order valence-corrected chi connectivity index (χ1v) is 6.33. The molecule has 0 aromatic heterocycles. The van der Waals surface area contributed by atoms with E-state index in [-0.39, 0.29) is 0 Å². The van der Waals surface area contributed by atoms with Crippen molar-refractivity contribution in [3.63, 3.8) is 0 Å². The van der Waals surface area contributed by atoms with Crippen molar-refractivity contribution in [1.82, 2.24) is 5.32 Å². The minimum atomic E-state index is 0.337. The van der Waals surface area contributed by atoms with Gasteiger partial charge >= 0.3 is 0 Å². The van der Waals surface area contributed by atoms with Crippen LogP contribution in [0.1, 0.15) is 31.2 Å². The third kappa shape index (κ3) is 1.92. The second kappa shape index (κ2) is 4.06. The maximum atomic E-state index is 3.70. The topological polar surface area (TPSA) is 12.0 Å². The molecule has 3 rings (SSSR count). The van der Waals surface area contributed by atoms with E-state index in [9.17, 15) is 0 Å². The van der Waals surface area contributed by atoms with E-state index < -0.39 is 0 Å². The zero-order valence-electron chi connectivity index (χ0n) is 9.65. The van der Waals surface area contributed by atoms with Gasteiger partial charge in [0.2, 0.25) is 0 Å². The van der Waals surface area contributed by atoms with Gasteiger partial charge < -0.3 is 5.32 Å². The molecule has 1 fully saturated rings. The van der Waals surface area contributed by atoms with Gasteiger partial charge in [0, 0.05) is 18.0 Å². The molecule has 1 N–H and O–H groups in total. The lowest BCUT2D eigenvalue weighted by Gasteiger charge is -2.30. The molecule has 0 radical (unpaired) electrons. The van der Waals surface area contributed by atoms with E-state index in [2.05, 4.69) is 47.8 Å². The zero-order valence-corrected chi connectivity index (χ0v) is 9.65. The molecule has 1 heteroatoms. The normalized spacial score (nSPS) is 22.5. The van der Waals surface area contributed by atoms with E-state index in [1.165, 1.54) is 31.2 Å². The summed E-state index contributed by atoms with van der Waals surface area (Å²) in [4.78, 5) is 0. The van der Waals surface area contributed by atoms with Crippen LogP contribution in [0, 0.1) is 0 Å². The molecule has 16 heavy (non-hydrogen) atoms. The van der Waals surface area contributed by atoms with Crippen LogP contribution in [0.25, 0.3) is 0 Å². The van der Waals surface area contributed by atoms with Crippen molar-refractivity contribution in [3.05, 3.63) is 48.0 Å². The highest BCUT2D eigenvalue weighted by atomic mass is 15.0. The first-order chi connectivity index (χ1) is 7.89. The molecule has 0 aliphatic heterocycles. The summed E-state index contributed by atoms with van der Waals surface area (Å²) in [7, 11) is 0. The fraction of sp³-hybridized carbons (Fsp3) is 0.467. The highest BCUT2D eigenvalue weighted by Crippen LogP contribution is 2.37. The Bertz CT molecular complexity index is 368. The van der Waals surface area contributed by atoms with Crippen LogP contribution in [-0.2, 0) is 5.41 Å². The standard InChI is InChI=1S/C15H19N/c1-2-6-13(7-3-1)15(10-4-5-11-15)12-16-14-8-9-14/h1-7,14,16H,8-12H2. The molecule has 2 aliphatic rings. The molecule has 0 heterocycles. The van der Waals surface area contributed by atoms with Crippen molar-refractivity contribution in [3.8, 4) is 0 Å². The van der Waals surface area contributed by atoms with Crippen molar-refractivity contribution in [1.29, 1.82) is 0 Å². The van der Waals surface area contributed by atoms with E-state index >= 15 is 0 Å². The molecule has 1 nitrogen and oxygen atoms in total. The van der Waals surface area contributed by atoms with E-state index in [1.807, 2.05) is 0 Å². The van der Waals surface area contributed by atoms with Gasteiger partial charge in [-0.1, -0.05) is 42.5 Å². The monoisotopic (exact) mass is 213 g/mol. The maximum absolute atomic E-state index is 3.70. The summed E-state index contributed by atoms with van der Waals surface area (Å²) in [5.41, 5.74) is 1.83. The molecule has 84 valence electrons. The number of hydrogen-bond donors (Lipinski definition) is 1. The van der Waals surface area contributed by atoms with Gasteiger partial charge in [0.15, 0.2) is 0 Å². The van der Waals surface area contributed by atoms with Gasteiger partial charge in [-0.05, 0) is 31.2 Å². The summed E-state index contributed by atoms with van der Waals surface area (Å²) in [5.74, 6) is 0. The third-order valence-corrected chi connectivity index (χ3v) is 3.88. The first kappa shape index (κ1) is 10.1. The lowest BCUT2D eigenvalue weighted by molar-refractivity contribution is 0.417. The Labute approximate surface area is 97.6 Å². The summed E-state index contributed by atoms with van der Waals surface area (Å²) >= 11 is 0. The van der Waals surface area contributed by atoms with Crippen LogP contribution in [0.5, 0.6) is 0 Å². The number of benzene rings is 1. The second-order valence-electron chi connectivity index (χ2n) is 5.18. The molecule has 1 aromatic carbocycles. The number of allylic oxidation sites excluding steroid dienone is 2. The lowest BCUT2D eigenvalue weighted by atomic mass is 9.78. The highest BCUT2D eigenvalue weighted by molar-refractivity contribution is 5.31. The summed E-state index contributed by atoms with van der Waals surface area (Å²) in [6.45, 7) is 1.13. The van der Waals surface area contributed by atoms with Gasteiger partial charge in [-0.2, -0.15) is 0 Å². The fourth-order valence-corrected chi connectivity index (χ4v) is 2.60. The summed E-state index contributed by atoms with van der Waals surface area (Å²) in [6.07, 6.45) is 9.80. The van der Waals surface area contributed by atoms with Gasteiger partial charge in [0.25, 0.3) is 0 Å². The van der Waals surface area contributed by atoms with Crippen LogP contribution >= 0.6 is 0 Å². The van der Waals surface area contributed by atoms with Crippen molar-refractivity contribution in [2.24, 2.45) is 0 Å². The van der Waals surface area contributed by atoms with E-state index in [0.717, 1.165) is 12.6 Å². The van der Waals surface area contributed by atoms with Gasteiger partial charge in [-0.3, -0.25) is 0 Å². The SMILES string of the molecule is C1=CCC(CNC2CC2)(c2ccccc2)C1. The summed E-state index contributed by atoms with van der Waals surface area (Å²) < 4.78 is 0. The largest absolute Gasteiger partial charge is 0.313 e. The molecule has 0 atom stereocenters. The highest BCUT2D eigenvalue weighted by Gasteiger charge is 2.34. The zero-order chi connectivity index (χ0) is 10.8. The Balaban J connectivity index is 1.78. The fourth-order valence-electron chi connectivity index (χ4n) is 2.60. The Morgan fingerprint density at radius 2 is 1.75 bits per heavy atom. The van der Waals surface area contributed by atoms with Crippen LogP contribution in [0.3, 0.4) is 0 Å². The lowest BCUT2D eigenvalue weighted by Crippen LogP contribution is -2.37. The maximum Gasteiger partial charge on any atom is 0.0147 e. The Hall–Kier alpha value is -1.08. The van der Waals surface area contributed by atoms with Crippen molar-refractivity contribution >= 4 is 0 Å². The molecule has 0 saturated heterocycles. The van der Waals surface area contributed by atoms with Crippen LogP contribution in [0.2, 0.25) is 0 Å². The van der Waals surface area contributed by atoms with Crippen LogP contribution in [0.4, 0.5) is 0 Å². The van der Waals surface area contributed by atoms with Gasteiger partial charge in [0.1, 0.15) is 0 Å². The molecule has 0 spiro atoms. The number of nitrogens with one attached hydrogen (secondary N) is 1. The van der Waals surface area contributed by atoms with Crippen molar-refractivity contribution in [2.45, 2.75) is 37.1 Å². The van der Waals surface area contributed by atoms with E-state index in [0.29, 0.717) is 5.41 Å². The van der Waals surface area contributed by atoms with Gasteiger partial charge in [-0.25, -0.2) is 0 Å². The Morgan fingerprint density at radius 1 is 1.06 bits per heavy atom. The third-order valence-electron chi connectivity index (χ3n) is 3.88.